The molecule has 0 spiro atoms. The van der Waals surface area contributed by atoms with Gasteiger partial charge in [-0.25, -0.2) is 4.79 Å². The molecule has 2 atom stereocenters. The van der Waals surface area contributed by atoms with Crippen molar-refractivity contribution in [2.24, 2.45) is 0 Å². The van der Waals surface area contributed by atoms with E-state index in [1.807, 2.05) is 68.4 Å². The second-order valence-corrected chi connectivity index (χ2v) is 11.1. The van der Waals surface area contributed by atoms with Gasteiger partial charge in [0.2, 0.25) is 5.91 Å². The van der Waals surface area contributed by atoms with Crippen molar-refractivity contribution in [3.05, 3.63) is 95.6 Å². The van der Waals surface area contributed by atoms with Crippen LogP contribution >= 0.6 is 0 Å². The van der Waals surface area contributed by atoms with Crippen molar-refractivity contribution >= 4 is 23.6 Å². The monoisotopic (exact) mass is 559 g/mol. The zero-order valence-corrected chi connectivity index (χ0v) is 24.5. The highest BCUT2D eigenvalue weighted by Gasteiger charge is 2.36. The summed E-state index contributed by atoms with van der Waals surface area (Å²) in [4.78, 5) is 42.8. The number of ether oxygens (including phenoxy) is 1. The average Bonchev–Trinajstić information content (AvgIpc) is 2.92. The first-order valence-electron chi connectivity index (χ1n) is 14.0. The van der Waals surface area contributed by atoms with Crippen LogP contribution in [0.3, 0.4) is 0 Å². The van der Waals surface area contributed by atoms with Crippen molar-refractivity contribution in [3.8, 4) is 5.75 Å². The molecule has 0 aliphatic rings. The molecule has 3 N–H and O–H groups in total. The smallest absolute Gasteiger partial charge is 0.408 e. The van der Waals surface area contributed by atoms with Crippen LogP contribution in [0.4, 0.5) is 10.5 Å². The summed E-state index contributed by atoms with van der Waals surface area (Å²) in [5, 5.41) is 15.7. The van der Waals surface area contributed by atoms with Gasteiger partial charge in [-0.15, -0.1) is 0 Å². The number of alkyl carbamates (subject to hydrolysis) is 1. The van der Waals surface area contributed by atoms with Gasteiger partial charge < -0.3 is 25.4 Å². The van der Waals surface area contributed by atoms with Crippen LogP contribution in [-0.2, 0) is 20.7 Å². The molecule has 0 aliphatic carbocycles. The summed E-state index contributed by atoms with van der Waals surface area (Å²) in [6.45, 7) is 9.45. The summed E-state index contributed by atoms with van der Waals surface area (Å²) >= 11 is 0. The number of rotatable bonds is 11. The minimum absolute atomic E-state index is 0.0480. The van der Waals surface area contributed by atoms with E-state index in [-0.39, 0.29) is 18.7 Å². The molecule has 3 aromatic rings. The number of phenols is 1. The average molecular weight is 560 g/mol. The van der Waals surface area contributed by atoms with Gasteiger partial charge in [-0.1, -0.05) is 74.0 Å². The first-order chi connectivity index (χ1) is 19.5. The summed E-state index contributed by atoms with van der Waals surface area (Å²) in [7, 11) is 0. The summed E-state index contributed by atoms with van der Waals surface area (Å²) in [6.07, 6.45) is 0.924. The van der Waals surface area contributed by atoms with Gasteiger partial charge in [-0.05, 0) is 69.0 Å². The quantitative estimate of drug-likeness (QED) is 0.261. The Balaban J connectivity index is 2.05. The third kappa shape index (κ3) is 9.38. The van der Waals surface area contributed by atoms with Crippen LogP contribution in [0.5, 0.6) is 5.75 Å². The number of carbonyl (C=O) groups excluding carboxylic acids is 3. The highest BCUT2D eigenvalue weighted by Crippen LogP contribution is 2.27. The molecule has 0 heterocycles. The van der Waals surface area contributed by atoms with Gasteiger partial charge >= 0.3 is 6.09 Å². The Hall–Kier alpha value is -4.33. The lowest BCUT2D eigenvalue weighted by molar-refractivity contribution is -0.140. The molecule has 41 heavy (non-hydrogen) atoms. The summed E-state index contributed by atoms with van der Waals surface area (Å²) in [5.41, 5.74) is 2.15. The van der Waals surface area contributed by atoms with Crippen LogP contribution < -0.4 is 10.6 Å². The summed E-state index contributed by atoms with van der Waals surface area (Å²) in [5.74, 6) is -0.761. The van der Waals surface area contributed by atoms with Gasteiger partial charge in [0.1, 0.15) is 23.4 Å². The first kappa shape index (κ1) is 31.2. The van der Waals surface area contributed by atoms with Gasteiger partial charge in [0, 0.05) is 18.7 Å². The van der Waals surface area contributed by atoms with Crippen molar-refractivity contribution in [2.45, 2.75) is 71.6 Å². The Kier molecular flexibility index (Phi) is 10.9. The number of anilines is 1. The highest BCUT2D eigenvalue weighted by molar-refractivity contribution is 5.99. The fourth-order valence-electron chi connectivity index (χ4n) is 4.44. The standard InChI is InChI=1S/C33H41N3O5/c1-6-7-21-36(31(39)28(22-24-14-9-8-10-15-24)35-32(40)41-33(3,4)5)29(25-17-19-26(37)20-18-25)30(38)34-27-16-12-11-13-23(27)2/h8-20,28-29,37H,6-7,21-22H2,1-5H3,(H,34,38)(H,35,40). The predicted molar refractivity (Wildman–Crippen MR) is 161 cm³/mol. The van der Waals surface area contributed by atoms with Crippen molar-refractivity contribution in [1.82, 2.24) is 10.2 Å². The number of amides is 3. The Morgan fingerprint density at radius 1 is 0.927 bits per heavy atom. The van der Waals surface area contributed by atoms with E-state index in [1.54, 1.807) is 32.9 Å². The molecule has 3 aromatic carbocycles. The van der Waals surface area contributed by atoms with Crippen LogP contribution in [0.2, 0.25) is 0 Å². The molecule has 0 saturated heterocycles. The van der Waals surface area contributed by atoms with E-state index < -0.39 is 35.6 Å². The molecule has 3 amide bonds. The van der Waals surface area contributed by atoms with Crippen LogP contribution in [-0.4, -0.2) is 46.1 Å². The molecule has 0 fully saturated rings. The van der Waals surface area contributed by atoms with Crippen molar-refractivity contribution < 1.29 is 24.2 Å². The van der Waals surface area contributed by atoms with E-state index in [9.17, 15) is 19.5 Å². The molecule has 8 heteroatoms. The number of unbranched alkanes of at least 4 members (excludes halogenated alkanes) is 1. The van der Waals surface area contributed by atoms with Gasteiger partial charge in [-0.3, -0.25) is 9.59 Å². The Bertz CT molecular complexity index is 1300. The number of aromatic hydroxyl groups is 1. The topological polar surface area (TPSA) is 108 Å². The lowest BCUT2D eigenvalue weighted by atomic mass is 9.99. The Labute approximate surface area is 242 Å². The maximum Gasteiger partial charge on any atom is 0.408 e. The van der Waals surface area contributed by atoms with Gasteiger partial charge in [0.25, 0.3) is 5.91 Å². The number of hydrogen-bond acceptors (Lipinski definition) is 5. The van der Waals surface area contributed by atoms with Crippen LogP contribution in [0.15, 0.2) is 78.9 Å². The minimum atomic E-state index is -1.02. The van der Waals surface area contributed by atoms with Crippen molar-refractivity contribution in [1.29, 1.82) is 0 Å². The van der Waals surface area contributed by atoms with Gasteiger partial charge in [-0.2, -0.15) is 0 Å². The molecule has 218 valence electrons. The molecule has 0 bridgehead atoms. The summed E-state index contributed by atoms with van der Waals surface area (Å²) < 4.78 is 5.49. The SMILES string of the molecule is CCCCN(C(=O)C(Cc1ccccc1)NC(=O)OC(C)(C)C)C(C(=O)Nc1ccccc1C)c1ccc(O)cc1. The number of carbonyl (C=O) groups is 3. The maximum absolute atomic E-state index is 14.4. The third-order valence-corrected chi connectivity index (χ3v) is 6.48. The number of nitrogens with zero attached hydrogens (tertiary/aromatic N) is 1. The van der Waals surface area contributed by atoms with E-state index in [1.165, 1.54) is 17.0 Å². The summed E-state index contributed by atoms with van der Waals surface area (Å²) in [6, 6.07) is 21.1. The van der Waals surface area contributed by atoms with E-state index in [4.69, 9.17) is 4.74 Å². The number of nitrogens with one attached hydrogen (secondary N) is 2. The first-order valence-corrected chi connectivity index (χ1v) is 14.0. The van der Waals surface area contributed by atoms with Crippen LogP contribution in [0, 0.1) is 6.92 Å². The molecular weight excluding hydrogens is 518 g/mol. The maximum atomic E-state index is 14.4. The zero-order valence-electron chi connectivity index (χ0n) is 24.5. The minimum Gasteiger partial charge on any atom is -0.508 e. The van der Waals surface area contributed by atoms with Crippen molar-refractivity contribution in [3.63, 3.8) is 0 Å². The van der Waals surface area contributed by atoms with Gasteiger partial charge in [0.15, 0.2) is 0 Å². The second-order valence-electron chi connectivity index (χ2n) is 11.1. The van der Waals surface area contributed by atoms with E-state index in [0.29, 0.717) is 17.7 Å². The molecule has 0 radical (unpaired) electrons. The van der Waals surface area contributed by atoms with E-state index in [0.717, 1.165) is 17.5 Å². The Morgan fingerprint density at radius 3 is 2.17 bits per heavy atom. The fourth-order valence-corrected chi connectivity index (χ4v) is 4.44. The van der Waals surface area contributed by atoms with E-state index in [2.05, 4.69) is 10.6 Å². The molecular formula is C33H41N3O5. The normalized spacial score (nSPS) is 12.6. The number of phenolic OH excluding ortho intramolecular Hbond substituents is 1. The zero-order chi connectivity index (χ0) is 30.0. The molecule has 2 unspecified atom stereocenters. The predicted octanol–water partition coefficient (Wildman–Crippen LogP) is 6.15. The molecule has 0 aromatic heterocycles. The highest BCUT2D eigenvalue weighted by atomic mass is 16.6. The Morgan fingerprint density at radius 2 is 1.56 bits per heavy atom. The molecule has 0 saturated carbocycles. The molecule has 3 rings (SSSR count). The van der Waals surface area contributed by atoms with E-state index >= 15 is 0 Å². The largest absolute Gasteiger partial charge is 0.508 e. The molecule has 8 nitrogen and oxygen atoms in total. The lowest BCUT2D eigenvalue weighted by Gasteiger charge is -2.34. The van der Waals surface area contributed by atoms with Crippen LogP contribution in [0.1, 0.15) is 63.3 Å². The third-order valence-electron chi connectivity index (χ3n) is 6.48. The fraction of sp³-hybridized carbons (Fsp3) is 0.364. The molecule has 0 aliphatic heterocycles. The van der Waals surface area contributed by atoms with Crippen molar-refractivity contribution in [2.75, 3.05) is 11.9 Å². The lowest BCUT2D eigenvalue weighted by Crippen LogP contribution is -2.53. The second kappa shape index (κ2) is 14.3. The number of aryl methyl sites for hydroxylation is 1. The number of hydrogen-bond donors (Lipinski definition) is 3. The number of benzene rings is 3. The van der Waals surface area contributed by atoms with Crippen LogP contribution in [0.25, 0.3) is 0 Å². The van der Waals surface area contributed by atoms with Gasteiger partial charge in [0.05, 0.1) is 0 Å². The number of para-hydroxylation sites is 1.